The van der Waals surface area contributed by atoms with Crippen LogP contribution in [0.2, 0.25) is 0 Å². The van der Waals surface area contributed by atoms with Crippen LogP contribution < -0.4 is 11.1 Å². The molecular formula is C9H20N2O3. The molecule has 0 bridgehead atoms. The fourth-order valence-electron chi connectivity index (χ4n) is 0.774. The Kier molecular flexibility index (Phi) is 5.49. The van der Waals surface area contributed by atoms with Gasteiger partial charge >= 0.3 is 6.09 Å². The van der Waals surface area contributed by atoms with Crippen molar-refractivity contribution in [2.24, 2.45) is 5.73 Å². The average Bonchev–Trinajstić information content (AvgIpc) is 2.03. The minimum absolute atomic E-state index is 0.164. The molecule has 1 atom stereocenters. The maximum Gasteiger partial charge on any atom is 0.407 e. The monoisotopic (exact) mass is 204 g/mol. The first-order valence-electron chi connectivity index (χ1n) is 4.58. The molecule has 0 unspecified atom stereocenters. The number of carbonyl (C=O) groups excluding carboxylic acids is 1. The van der Waals surface area contributed by atoms with Crippen molar-refractivity contribution in [3.63, 3.8) is 0 Å². The minimum atomic E-state index is -0.477. The number of rotatable bonds is 4. The summed E-state index contributed by atoms with van der Waals surface area (Å²) in [6.45, 7) is 6.16. The van der Waals surface area contributed by atoms with Crippen LogP contribution in [-0.2, 0) is 9.47 Å². The lowest BCUT2D eigenvalue weighted by molar-refractivity contribution is 0.0465. The fourth-order valence-corrected chi connectivity index (χ4v) is 0.774. The molecule has 0 heterocycles. The van der Waals surface area contributed by atoms with Crippen molar-refractivity contribution in [3.05, 3.63) is 0 Å². The van der Waals surface area contributed by atoms with Gasteiger partial charge in [0.15, 0.2) is 0 Å². The predicted octanol–water partition coefficient (Wildman–Crippen LogP) is 0.485. The van der Waals surface area contributed by atoms with Gasteiger partial charge < -0.3 is 20.5 Å². The normalized spacial score (nSPS) is 13.5. The van der Waals surface area contributed by atoms with E-state index in [0.29, 0.717) is 13.1 Å². The fraction of sp³-hybridized carbons (Fsp3) is 0.889. The first-order chi connectivity index (χ1) is 6.39. The molecule has 1 amide bonds. The smallest absolute Gasteiger partial charge is 0.407 e. The third kappa shape index (κ3) is 6.68. The lowest BCUT2D eigenvalue weighted by Crippen LogP contribution is -2.40. The Balaban J connectivity index is 3.74. The molecule has 0 rings (SSSR count). The summed E-state index contributed by atoms with van der Waals surface area (Å²) >= 11 is 0. The largest absolute Gasteiger partial charge is 0.444 e. The summed E-state index contributed by atoms with van der Waals surface area (Å²) in [5.41, 5.74) is 4.90. The Morgan fingerprint density at radius 2 is 2.07 bits per heavy atom. The lowest BCUT2D eigenvalue weighted by atomic mass is 10.2. The Labute approximate surface area is 84.9 Å². The van der Waals surface area contributed by atoms with Crippen LogP contribution >= 0.6 is 0 Å². The van der Waals surface area contributed by atoms with E-state index in [2.05, 4.69) is 5.32 Å². The Morgan fingerprint density at radius 1 is 1.50 bits per heavy atom. The first-order valence-corrected chi connectivity index (χ1v) is 4.58. The number of hydrogen-bond acceptors (Lipinski definition) is 4. The molecule has 84 valence electrons. The topological polar surface area (TPSA) is 73.6 Å². The maximum atomic E-state index is 11.2. The van der Waals surface area contributed by atoms with E-state index in [0.717, 1.165) is 0 Å². The van der Waals surface area contributed by atoms with Gasteiger partial charge in [0.1, 0.15) is 5.60 Å². The molecule has 0 aliphatic rings. The third-order valence-corrected chi connectivity index (χ3v) is 1.47. The van der Waals surface area contributed by atoms with Gasteiger partial charge in [-0.3, -0.25) is 0 Å². The number of carbonyl (C=O) groups is 1. The SMILES string of the molecule is CO[C@@H](CN)CNC(=O)OC(C)(C)C. The van der Waals surface area contributed by atoms with Crippen molar-refractivity contribution in [3.8, 4) is 0 Å². The molecule has 0 aliphatic heterocycles. The molecule has 0 aromatic rings. The molecule has 0 aliphatic carbocycles. The van der Waals surface area contributed by atoms with Gasteiger partial charge in [-0.1, -0.05) is 0 Å². The number of nitrogens with two attached hydrogens (primary N) is 1. The van der Waals surface area contributed by atoms with E-state index in [1.54, 1.807) is 7.11 Å². The van der Waals surface area contributed by atoms with Crippen molar-refractivity contribution in [2.75, 3.05) is 20.2 Å². The van der Waals surface area contributed by atoms with Gasteiger partial charge in [0.05, 0.1) is 6.10 Å². The van der Waals surface area contributed by atoms with Crippen LogP contribution in [0.1, 0.15) is 20.8 Å². The van der Waals surface area contributed by atoms with E-state index >= 15 is 0 Å². The standard InChI is InChI=1S/C9H20N2O3/c1-9(2,3)14-8(12)11-6-7(5-10)13-4/h7H,5-6,10H2,1-4H3,(H,11,12)/t7-/m0/s1. The van der Waals surface area contributed by atoms with Crippen molar-refractivity contribution >= 4 is 6.09 Å². The van der Waals surface area contributed by atoms with Gasteiger partial charge in [-0.25, -0.2) is 4.79 Å². The Bertz CT molecular complexity index is 173. The summed E-state index contributed by atoms with van der Waals surface area (Å²) in [4.78, 5) is 11.2. The molecule has 0 spiro atoms. The maximum absolute atomic E-state index is 11.2. The third-order valence-electron chi connectivity index (χ3n) is 1.47. The molecule has 0 saturated heterocycles. The van der Waals surface area contributed by atoms with Crippen molar-refractivity contribution in [1.82, 2.24) is 5.32 Å². The zero-order chi connectivity index (χ0) is 11.2. The van der Waals surface area contributed by atoms with Crippen LogP contribution in [0.25, 0.3) is 0 Å². The van der Waals surface area contributed by atoms with Gasteiger partial charge in [-0.2, -0.15) is 0 Å². The number of hydrogen-bond donors (Lipinski definition) is 2. The second kappa shape index (κ2) is 5.82. The van der Waals surface area contributed by atoms with Crippen LogP contribution in [0, 0.1) is 0 Å². The number of ether oxygens (including phenoxy) is 2. The molecule has 0 saturated carbocycles. The molecular weight excluding hydrogens is 184 g/mol. The molecule has 5 nitrogen and oxygen atoms in total. The summed E-state index contributed by atoms with van der Waals surface area (Å²) in [6, 6.07) is 0. The minimum Gasteiger partial charge on any atom is -0.444 e. The van der Waals surface area contributed by atoms with Crippen LogP contribution in [0.5, 0.6) is 0 Å². The zero-order valence-corrected chi connectivity index (χ0v) is 9.29. The highest BCUT2D eigenvalue weighted by atomic mass is 16.6. The number of nitrogens with one attached hydrogen (secondary N) is 1. The van der Waals surface area contributed by atoms with E-state index in [9.17, 15) is 4.79 Å². The van der Waals surface area contributed by atoms with Gasteiger partial charge in [0.2, 0.25) is 0 Å². The molecule has 0 aromatic carbocycles. The first kappa shape index (κ1) is 13.2. The Morgan fingerprint density at radius 3 is 2.43 bits per heavy atom. The summed E-state index contributed by atoms with van der Waals surface area (Å²) in [7, 11) is 1.55. The van der Waals surface area contributed by atoms with Crippen molar-refractivity contribution in [2.45, 2.75) is 32.5 Å². The van der Waals surface area contributed by atoms with Crippen LogP contribution in [0.3, 0.4) is 0 Å². The Hall–Kier alpha value is -0.810. The van der Waals surface area contributed by atoms with Crippen LogP contribution in [0.4, 0.5) is 4.79 Å². The number of methoxy groups -OCH3 is 1. The summed E-state index contributed by atoms with van der Waals surface area (Å²) in [5, 5.41) is 2.57. The van der Waals surface area contributed by atoms with Gasteiger partial charge in [-0.15, -0.1) is 0 Å². The summed E-state index contributed by atoms with van der Waals surface area (Å²) < 4.78 is 10.0. The predicted molar refractivity (Wildman–Crippen MR) is 54.1 cm³/mol. The highest BCUT2D eigenvalue weighted by Crippen LogP contribution is 2.06. The molecule has 0 fully saturated rings. The summed E-state index contributed by atoms with van der Waals surface area (Å²) in [6.07, 6.45) is -0.615. The van der Waals surface area contributed by atoms with E-state index in [1.807, 2.05) is 20.8 Å². The van der Waals surface area contributed by atoms with E-state index in [4.69, 9.17) is 15.2 Å². The van der Waals surface area contributed by atoms with E-state index < -0.39 is 11.7 Å². The highest BCUT2D eigenvalue weighted by molar-refractivity contribution is 5.67. The quantitative estimate of drug-likeness (QED) is 0.698. The molecule has 3 N–H and O–H groups in total. The molecule has 5 heteroatoms. The second-order valence-electron chi connectivity index (χ2n) is 3.98. The van der Waals surface area contributed by atoms with E-state index in [-0.39, 0.29) is 6.10 Å². The van der Waals surface area contributed by atoms with Gasteiger partial charge in [-0.05, 0) is 20.8 Å². The van der Waals surface area contributed by atoms with Crippen molar-refractivity contribution in [1.29, 1.82) is 0 Å². The zero-order valence-electron chi connectivity index (χ0n) is 9.29. The second-order valence-corrected chi connectivity index (χ2v) is 3.98. The van der Waals surface area contributed by atoms with Crippen LogP contribution in [0.15, 0.2) is 0 Å². The van der Waals surface area contributed by atoms with Gasteiger partial charge in [0.25, 0.3) is 0 Å². The molecule has 0 radical (unpaired) electrons. The lowest BCUT2D eigenvalue weighted by Gasteiger charge is -2.21. The highest BCUT2D eigenvalue weighted by Gasteiger charge is 2.16. The average molecular weight is 204 g/mol. The van der Waals surface area contributed by atoms with Crippen molar-refractivity contribution < 1.29 is 14.3 Å². The van der Waals surface area contributed by atoms with Gasteiger partial charge in [0, 0.05) is 20.2 Å². The summed E-state index contributed by atoms with van der Waals surface area (Å²) in [5.74, 6) is 0. The number of alkyl carbamates (subject to hydrolysis) is 1. The molecule has 0 aromatic heterocycles. The number of amides is 1. The van der Waals surface area contributed by atoms with E-state index in [1.165, 1.54) is 0 Å². The van der Waals surface area contributed by atoms with Crippen LogP contribution in [-0.4, -0.2) is 38.0 Å². The molecule has 14 heavy (non-hydrogen) atoms.